The largest absolute Gasteiger partial charge is 0.436 e. The number of hydrogen-bond acceptors (Lipinski definition) is 5. The van der Waals surface area contributed by atoms with Gasteiger partial charge in [-0.1, -0.05) is 12.1 Å². The molecule has 0 fully saturated rings. The number of rotatable bonds is 3. The van der Waals surface area contributed by atoms with Crippen molar-refractivity contribution in [1.82, 2.24) is 15.0 Å². The van der Waals surface area contributed by atoms with Crippen LogP contribution in [0.1, 0.15) is 10.4 Å². The Morgan fingerprint density at radius 2 is 1.90 bits per heavy atom. The summed E-state index contributed by atoms with van der Waals surface area (Å²) in [6.45, 7) is 0. The molecular formula is C14H10N4O2. The highest BCUT2D eigenvalue weighted by atomic mass is 16.5. The number of carbonyl (C=O) groups excluding carboxylic acids is 1. The number of aromatic nitrogens is 3. The van der Waals surface area contributed by atoms with Crippen LogP contribution in [0.5, 0.6) is 11.6 Å². The maximum absolute atomic E-state index is 11.1. The number of para-hydroxylation sites is 2. The highest BCUT2D eigenvalue weighted by Crippen LogP contribution is 2.20. The molecule has 0 spiro atoms. The van der Waals surface area contributed by atoms with E-state index in [4.69, 9.17) is 10.5 Å². The molecular weight excluding hydrogens is 256 g/mol. The van der Waals surface area contributed by atoms with Gasteiger partial charge in [-0.3, -0.25) is 9.78 Å². The van der Waals surface area contributed by atoms with Gasteiger partial charge in [0.25, 0.3) is 0 Å². The van der Waals surface area contributed by atoms with Crippen molar-refractivity contribution in [3.05, 3.63) is 54.5 Å². The fraction of sp³-hybridized carbons (Fsp3) is 0. The van der Waals surface area contributed by atoms with Crippen molar-refractivity contribution >= 4 is 16.9 Å². The van der Waals surface area contributed by atoms with Gasteiger partial charge >= 0.3 is 0 Å². The van der Waals surface area contributed by atoms with Crippen LogP contribution in [0.4, 0.5) is 0 Å². The molecule has 6 heteroatoms. The summed E-state index contributed by atoms with van der Waals surface area (Å²) < 4.78 is 5.53. The number of ether oxygens (including phenoxy) is 1. The normalized spacial score (nSPS) is 10.4. The number of primary amides is 1. The van der Waals surface area contributed by atoms with E-state index in [-0.39, 0.29) is 5.56 Å². The lowest BCUT2D eigenvalue weighted by Crippen LogP contribution is -2.11. The molecule has 20 heavy (non-hydrogen) atoms. The number of amides is 1. The summed E-state index contributed by atoms with van der Waals surface area (Å²) in [6, 6.07) is 8.97. The molecule has 6 nitrogen and oxygen atoms in total. The molecule has 2 N–H and O–H groups in total. The molecule has 0 bridgehead atoms. The maximum Gasteiger partial charge on any atom is 0.250 e. The van der Waals surface area contributed by atoms with E-state index in [0.717, 1.165) is 11.0 Å². The van der Waals surface area contributed by atoms with Crippen LogP contribution in [0.15, 0.2) is 48.9 Å². The highest BCUT2D eigenvalue weighted by molar-refractivity contribution is 5.92. The van der Waals surface area contributed by atoms with E-state index in [9.17, 15) is 4.79 Å². The minimum atomic E-state index is -0.562. The fourth-order valence-electron chi connectivity index (χ4n) is 1.72. The minimum Gasteiger partial charge on any atom is -0.436 e. The first kappa shape index (κ1) is 12.0. The van der Waals surface area contributed by atoms with Gasteiger partial charge in [-0.05, 0) is 18.2 Å². The number of pyridine rings is 1. The van der Waals surface area contributed by atoms with Gasteiger partial charge in [0.15, 0.2) is 0 Å². The number of carbonyl (C=O) groups is 1. The van der Waals surface area contributed by atoms with Crippen LogP contribution in [-0.4, -0.2) is 20.9 Å². The number of fused-ring (bicyclic) bond motifs is 1. The zero-order valence-corrected chi connectivity index (χ0v) is 10.4. The van der Waals surface area contributed by atoms with Gasteiger partial charge in [-0.15, -0.1) is 0 Å². The Hall–Kier alpha value is -3.02. The van der Waals surface area contributed by atoms with E-state index < -0.39 is 5.91 Å². The van der Waals surface area contributed by atoms with Crippen LogP contribution in [0.25, 0.3) is 11.0 Å². The van der Waals surface area contributed by atoms with Crippen molar-refractivity contribution in [3.8, 4) is 11.6 Å². The lowest BCUT2D eigenvalue weighted by atomic mass is 10.3. The molecule has 0 aliphatic rings. The first-order chi connectivity index (χ1) is 9.72. The van der Waals surface area contributed by atoms with Crippen molar-refractivity contribution in [2.75, 3.05) is 0 Å². The lowest BCUT2D eigenvalue weighted by molar-refractivity contribution is 0.0999. The highest BCUT2D eigenvalue weighted by Gasteiger charge is 2.06. The standard InChI is InChI=1S/C14H10N4O2/c15-14(19)9-5-10(7-16-6-9)20-13-8-17-11-3-1-2-4-12(11)18-13/h1-8H,(H2,15,19). The summed E-state index contributed by atoms with van der Waals surface area (Å²) in [4.78, 5) is 23.5. The Morgan fingerprint density at radius 3 is 2.70 bits per heavy atom. The molecule has 1 aromatic carbocycles. The monoisotopic (exact) mass is 266 g/mol. The zero-order valence-electron chi connectivity index (χ0n) is 10.4. The Labute approximate surface area is 114 Å². The first-order valence-corrected chi connectivity index (χ1v) is 5.87. The van der Waals surface area contributed by atoms with E-state index in [1.807, 2.05) is 24.3 Å². The van der Waals surface area contributed by atoms with Crippen LogP contribution in [-0.2, 0) is 0 Å². The van der Waals surface area contributed by atoms with Gasteiger partial charge in [-0.2, -0.15) is 0 Å². The number of nitrogens with two attached hydrogens (primary N) is 1. The van der Waals surface area contributed by atoms with E-state index in [0.29, 0.717) is 11.6 Å². The third-order valence-electron chi connectivity index (χ3n) is 2.65. The Morgan fingerprint density at radius 1 is 1.10 bits per heavy atom. The molecule has 2 aromatic heterocycles. The molecule has 98 valence electrons. The van der Waals surface area contributed by atoms with Gasteiger partial charge in [-0.25, -0.2) is 9.97 Å². The molecule has 0 saturated heterocycles. The maximum atomic E-state index is 11.1. The quantitative estimate of drug-likeness (QED) is 0.782. The van der Waals surface area contributed by atoms with E-state index in [1.54, 1.807) is 0 Å². The Bertz CT molecular complexity index is 789. The Balaban J connectivity index is 1.92. The van der Waals surface area contributed by atoms with Crippen LogP contribution >= 0.6 is 0 Å². The third-order valence-corrected chi connectivity index (χ3v) is 2.65. The van der Waals surface area contributed by atoms with Crippen molar-refractivity contribution in [2.45, 2.75) is 0 Å². The average molecular weight is 266 g/mol. The van der Waals surface area contributed by atoms with Gasteiger partial charge in [0.05, 0.1) is 29.0 Å². The lowest BCUT2D eigenvalue weighted by Gasteiger charge is -2.05. The van der Waals surface area contributed by atoms with E-state index in [2.05, 4.69) is 15.0 Å². The summed E-state index contributed by atoms with van der Waals surface area (Å²) in [5.74, 6) is 0.144. The summed E-state index contributed by atoms with van der Waals surface area (Å²) >= 11 is 0. The van der Waals surface area contributed by atoms with Gasteiger partial charge in [0.1, 0.15) is 5.75 Å². The van der Waals surface area contributed by atoms with E-state index in [1.165, 1.54) is 24.7 Å². The summed E-state index contributed by atoms with van der Waals surface area (Å²) in [5.41, 5.74) is 6.97. The average Bonchev–Trinajstić information content (AvgIpc) is 2.47. The second-order valence-electron chi connectivity index (χ2n) is 4.07. The fourth-order valence-corrected chi connectivity index (χ4v) is 1.72. The third kappa shape index (κ3) is 2.39. The van der Waals surface area contributed by atoms with Crippen molar-refractivity contribution in [3.63, 3.8) is 0 Å². The predicted octanol–water partition coefficient (Wildman–Crippen LogP) is 1.92. The van der Waals surface area contributed by atoms with Gasteiger partial charge in [0.2, 0.25) is 11.8 Å². The summed E-state index contributed by atoms with van der Waals surface area (Å²) in [7, 11) is 0. The summed E-state index contributed by atoms with van der Waals surface area (Å²) in [6.07, 6.45) is 4.36. The second-order valence-corrected chi connectivity index (χ2v) is 4.07. The molecule has 1 amide bonds. The predicted molar refractivity (Wildman–Crippen MR) is 72.4 cm³/mol. The topological polar surface area (TPSA) is 91.0 Å². The van der Waals surface area contributed by atoms with Crippen LogP contribution < -0.4 is 10.5 Å². The molecule has 0 unspecified atom stereocenters. The van der Waals surface area contributed by atoms with E-state index >= 15 is 0 Å². The molecule has 0 radical (unpaired) electrons. The first-order valence-electron chi connectivity index (χ1n) is 5.87. The summed E-state index contributed by atoms with van der Waals surface area (Å²) in [5, 5.41) is 0. The smallest absolute Gasteiger partial charge is 0.250 e. The molecule has 0 aliphatic heterocycles. The molecule has 0 saturated carbocycles. The molecule has 2 heterocycles. The van der Waals surface area contributed by atoms with Crippen molar-refractivity contribution in [1.29, 1.82) is 0 Å². The van der Waals surface area contributed by atoms with Gasteiger partial charge < -0.3 is 10.5 Å². The van der Waals surface area contributed by atoms with Crippen LogP contribution in [0, 0.1) is 0 Å². The number of hydrogen-bond donors (Lipinski definition) is 1. The molecule has 0 atom stereocenters. The zero-order chi connectivity index (χ0) is 13.9. The Kier molecular flexibility index (Phi) is 2.96. The number of benzene rings is 1. The van der Waals surface area contributed by atoms with Crippen molar-refractivity contribution < 1.29 is 9.53 Å². The minimum absolute atomic E-state index is 0.274. The second kappa shape index (κ2) is 4.93. The van der Waals surface area contributed by atoms with Crippen LogP contribution in [0.2, 0.25) is 0 Å². The molecule has 0 aliphatic carbocycles. The molecule has 3 rings (SSSR count). The van der Waals surface area contributed by atoms with Crippen molar-refractivity contribution in [2.24, 2.45) is 5.73 Å². The molecule has 3 aromatic rings. The number of nitrogens with zero attached hydrogens (tertiary/aromatic N) is 3. The van der Waals surface area contributed by atoms with Gasteiger partial charge in [0, 0.05) is 6.20 Å². The van der Waals surface area contributed by atoms with Crippen LogP contribution in [0.3, 0.4) is 0 Å². The SMILES string of the molecule is NC(=O)c1cncc(Oc2cnc3ccccc3n2)c1.